The summed E-state index contributed by atoms with van der Waals surface area (Å²) in [5.74, 6) is 4.56. The molecule has 0 fully saturated rings. The number of nitrogens with zero attached hydrogens (tertiary/aromatic N) is 1. The number of Topliss-reactive ketones (excluding diaryl/α,β-unsaturated/α-hetero) is 2. The third-order valence-corrected chi connectivity index (χ3v) is 16.0. The number of furan rings is 1. The van der Waals surface area contributed by atoms with Crippen LogP contribution in [0.15, 0.2) is 70.7 Å². The second kappa shape index (κ2) is 8.79. The van der Waals surface area contributed by atoms with E-state index in [2.05, 4.69) is 34.6 Å². The number of hydrogen-bond donors (Lipinski definition) is 0. The summed E-state index contributed by atoms with van der Waals surface area (Å²) in [6.45, 7) is 0. The first kappa shape index (κ1) is 24.8. The number of allylic oxidation sites excluding steroid dienone is 1. The predicted octanol–water partition coefficient (Wildman–Crippen LogP) is 7.96. The summed E-state index contributed by atoms with van der Waals surface area (Å²) in [4.78, 5) is 28.7. The van der Waals surface area contributed by atoms with Crippen molar-refractivity contribution in [3.8, 4) is 0 Å². The molecule has 0 saturated heterocycles. The maximum atomic E-state index is 13.3. The number of carbonyl (C=O) groups is 2. The number of benzene rings is 3. The predicted molar refractivity (Wildman–Crippen MR) is 153 cm³/mol. The number of hydrogen-bond acceptors (Lipinski definition) is 4. The van der Waals surface area contributed by atoms with Crippen LogP contribution in [0.5, 0.6) is 0 Å². The molecule has 0 bridgehead atoms. The number of ketones is 2. The topological polar surface area (TPSA) is 50.5 Å². The van der Waals surface area contributed by atoms with Gasteiger partial charge in [0, 0.05) is 0 Å². The van der Waals surface area contributed by atoms with Crippen LogP contribution in [-0.4, -0.2) is 24.8 Å². The fourth-order valence-corrected chi connectivity index (χ4v) is 12.1. The van der Waals surface area contributed by atoms with Crippen LogP contribution in [0.4, 0.5) is 17.3 Å². The van der Waals surface area contributed by atoms with Crippen molar-refractivity contribution in [3.63, 3.8) is 0 Å². The number of rotatable bonds is 2. The zero-order valence-corrected chi connectivity index (χ0v) is 24.7. The molecule has 1 aromatic heterocycles. The first-order valence-corrected chi connectivity index (χ1v) is 19.2. The summed E-state index contributed by atoms with van der Waals surface area (Å²) in [7, 11) is 0. The Morgan fingerprint density at radius 2 is 1.32 bits per heavy atom. The standard InChI is InChI=1S/C28H17Cl4GeNO3/c1-33(2)17-10-6-7-11-19(17)34(14-8-4-3-5-9-14)28-18(33)13-15(37-28)12-16-26(35)20-21(27(16)36)23(30)25(32)24(31)22(20)29/h3-13H,1-2H3. The summed E-state index contributed by atoms with van der Waals surface area (Å²) >= 11 is 22.1. The molecule has 0 saturated carbocycles. The van der Waals surface area contributed by atoms with E-state index in [0.29, 0.717) is 11.6 Å². The number of anilines is 3. The Morgan fingerprint density at radius 3 is 1.95 bits per heavy atom. The van der Waals surface area contributed by atoms with Gasteiger partial charge in [-0.1, -0.05) is 0 Å². The summed E-state index contributed by atoms with van der Waals surface area (Å²) in [5, 5.41) is -0.301. The van der Waals surface area contributed by atoms with Gasteiger partial charge in [-0.25, -0.2) is 0 Å². The van der Waals surface area contributed by atoms with Crippen LogP contribution in [0.1, 0.15) is 26.5 Å². The van der Waals surface area contributed by atoms with E-state index >= 15 is 0 Å². The second-order valence-corrected chi connectivity index (χ2v) is 20.0. The molecule has 4 nitrogen and oxygen atoms in total. The van der Waals surface area contributed by atoms with Crippen LogP contribution in [0.25, 0.3) is 6.08 Å². The molecule has 0 atom stereocenters. The molecule has 0 spiro atoms. The van der Waals surface area contributed by atoms with Gasteiger partial charge in [-0.15, -0.1) is 0 Å². The van der Waals surface area contributed by atoms with Gasteiger partial charge in [0.15, 0.2) is 0 Å². The normalized spacial score (nSPS) is 15.5. The van der Waals surface area contributed by atoms with Crippen molar-refractivity contribution in [2.45, 2.75) is 11.5 Å². The Hall–Kier alpha value is -2.48. The van der Waals surface area contributed by atoms with Crippen molar-refractivity contribution in [1.29, 1.82) is 0 Å². The Kier molecular flexibility index (Phi) is 5.90. The summed E-state index contributed by atoms with van der Waals surface area (Å²) < 4.78 is 8.82. The monoisotopic (exact) mass is 629 g/mol. The van der Waals surface area contributed by atoms with Crippen LogP contribution in [0.3, 0.4) is 0 Å². The van der Waals surface area contributed by atoms with Crippen molar-refractivity contribution < 1.29 is 14.0 Å². The van der Waals surface area contributed by atoms with E-state index in [1.165, 1.54) is 10.5 Å². The average Bonchev–Trinajstić information content (AvgIpc) is 3.42. The van der Waals surface area contributed by atoms with Crippen molar-refractivity contribution in [2.24, 2.45) is 0 Å². The molecule has 1 aliphatic carbocycles. The van der Waals surface area contributed by atoms with Gasteiger partial charge in [0.05, 0.1) is 0 Å². The molecule has 0 unspecified atom stereocenters. The molecule has 2 heterocycles. The van der Waals surface area contributed by atoms with Gasteiger partial charge in [0.25, 0.3) is 0 Å². The molecular weight excluding hydrogens is 613 g/mol. The SMILES string of the molecule is [CH3][Ge]1([CH3])[c]2ccccc2N(c2ccccc2)c2oc(C=C3C(=O)c4c(Cl)c(Cl)c(Cl)c(Cl)c4C3=O)c[c]21. The zero-order valence-electron chi connectivity index (χ0n) is 19.5. The van der Waals surface area contributed by atoms with Crippen LogP contribution in [0, 0.1) is 0 Å². The number of halogens is 4. The molecule has 9 heteroatoms. The van der Waals surface area contributed by atoms with Gasteiger partial charge in [-0.2, -0.15) is 0 Å². The third kappa shape index (κ3) is 3.58. The zero-order chi connectivity index (χ0) is 26.2. The van der Waals surface area contributed by atoms with Crippen molar-refractivity contribution in [3.05, 3.63) is 103 Å². The second-order valence-electron chi connectivity index (χ2n) is 9.40. The Morgan fingerprint density at radius 1 is 0.757 bits per heavy atom. The number of fused-ring (bicyclic) bond motifs is 3. The molecule has 6 rings (SSSR count). The van der Waals surface area contributed by atoms with E-state index in [0.717, 1.165) is 15.8 Å². The van der Waals surface area contributed by atoms with Gasteiger partial charge in [0.2, 0.25) is 0 Å². The quantitative estimate of drug-likeness (QED) is 0.0742. The van der Waals surface area contributed by atoms with Crippen molar-refractivity contribution >= 4 is 103 Å². The molecule has 37 heavy (non-hydrogen) atoms. The van der Waals surface area contributed by atoms with Gasteiger partial charge in [-0.3, -0.25) is 0 Å². The van der Waals surface area contributed by atoms with E-state index < -0.39 is 24.8 Å². The number of para-hydroxylation sites is 2. The molecule has 1 aliphatic heterocycles. The summed E-state index contributed by atoms with van der Waals surface area (Å²) in [6, 6.07) is 20.2. The van der Waals surface area contributed by atoms with Crippen LogP contribution in [-0.2, 0) is 0 Å². The van der Waals surface area contributed by atoms with Crippen LogP contribution in [0.2, 0.25) is 31.6 Å². The Balaban J connectivity index is 1.53. The summed E-state index contributed by atoms with van der Waals surface area (Å²) in [6.07, 6.45) is 1.46. The fraction of sp³-hybridized carbons (Fsp3) is 0.0714. The van der Waals surface area contributed by atoms with Crippen LogP contribution < -0.4 is 13.7 Å². The molecular formula is C28H17Cl4GeNO3. The molecule has 0 radical (unpaired) electrons. The molecule has 4 aromatic rings. The van der Waals surface area contributed by atoms with Gasteiger partial charge in [0.1, 0.15) is 0 Å². The molecule has 2 aliphatic rings. The van der Waals surface area contributed by atoms with E-state index in [9.17, 15) is 9.59 Å². The molecule has 3 aromatic carbocycles. The number of carbonyl (C=O) groups excluding carboxylic acids is 2. The van der Waals surface area contributed by atoms with E-state index in [4.69, 9.17) is 50.8 Å². The first-order valence-electron chi connectivity index (χ1n) is 11.4. The van der Waals surface area contributed by atoms with Gasteiger partial charge >= 0.3 is 237 Å². The minimum absolute atomic E-state index is 0.0371. The maximum absolute atomic E-state index is 13.3. The van der Waals surface area contributed by atoms with E-state index in [1.807, 2.05) is 42.5 Å². The molecule has 184 valence electrons. The third-order valence-electron chi connectivity index (χ3n) is 6.94. The Labute approximate surface area is 235 Å². The van der Waals surface area contributed by atoms with E-state index in [-0.39, 0.29) is 36.8 Å². The first-order chi connectivity index (χ1) is 17.6. The van der Waals surface area contributed by atoms with Crippen molar-refractivity contribution in [1.82, 2.24) is 0 Å². The Bertz CT molecular complexity index is 1640. The average molecular weight is 630 g/mol. The fourth-order valence-electron chi connectivity index (χ4n) is 5.07. The minimum atomic E-state index is -2.81. The van der Waals surface area contributed by atoms with Gasteiger partial charge in [-0.05, 0) is 0 Å². The van der Waals surface area contributed by atoms with Crippen LogP contribution >= 0.6 is 46.4 Å². The molecule has 0 amide bonds. The van der Waals surface area contributed by atoms with Crippen molar-refractivity contribution in [2.75, 3.05) is 4.90 Å². The van der Waals surface area contributed by atoms with Gasteiger partial charge < -0.3 is 0 Å². The molecule has 0 N–H and O–H groups in total. The van der Waals surface area contributed by atoms with E-state index in [1.54, 1.807) is 0 Å². The summed E-state index contributed by atoms with van der Waals surface area (Å²) in [5.41, 5.74) is 1.85.